The van der Waals surface area contributed by atoms with Crippen molar-refractivity contribution in [2.45, 2.75) is 0 Å². The van der Waals surface area contributed by atoms with Gasteiger partial charge in [0.1, 0.15) is 0 Å². The minimum atomic E-state index is -2.13. The van der Waals surface area contributed by atoms with Gasteiger partial charge >= 0.3 is 18.9 Å². The summed E-state index contributed by atoms with van der Waals surface area (Å²) < 4.78 is 40.8. The summed E-state index contributed by atoms with van der Waals surface area (Å²) in [4.78, 5) is 2.25. The molecule has 0 bridgehead atoms. The second-order valence-corrected chi connectivity index (χ2v) is 2.22. The first-order valence-corrected chi connectivity index (χ1v) is 3.46. The second kappa shape index (κ2) is 24.2. The van der Waals surface area contributed by atoms with Crippen LogP contribution in [0.3, 0.4) is 0 Å². The van der Waals surface area contributed by atoms with E-state index in [4.69, 9.17) is 19.2 Å². The van der Waals surface area contributed by atoms with Gasteiger partial charge in [0.2, 0.25) is 0 Å². The summed E-state index contributed by atoms with van der Waals surface area (Å²) in [6, 6.07) is 1.74. The van der Waals surface area contributed by atoms with Crippen LogP contribution in [0.15, 0.2) is 0 Å². The molecule has 0 aliphatic heterocycles. The Kier molecular flexibility index (Phi) is 19.7. The van der Waals surface area contributed by atoms with E-state index >= 15 is 0 Å². The largest absolute Gasteiger partial charge is 1.00 e. The predicted molar refractivity (Wildman–Crippen MR) is 70.1 cm³/mol. The van der Waals surface area contributed by atoms with Crippen LogP contribution in [-0.4, -0.2) is 74.8 Å². The van der Waals surface area contributed by atoms with E-state index in [9.17, 15) is 0 Å². The van der Waals surface area contributed by atoms with Crippen LogP contribution in [0.2, 0.25) is 0 Å². The van der Waals surface area contributed by atoms with Crippen LogP contribution in [-0.2, 0) is 0 Å². The molecule has 0 saturated carbocycles. The molecule has 2 N–H and O–H groups in total. The molecule has 0 fully saturated rings. The normalized spacial score (nSPS) is 14.9. The Hall–Kier alpha value is 0.790. The van der Waals surface area contributed by atoms with Crippen molar-refractivity contribution in [1.82, 2.24) is 9.80 Å². The number of hydrogen-bond donors (Lipinski definition) is 1. The molecule has 4 nitrogen and oxygen atoms in total. The zero-order chi connectivity index (χ0) is 15.0. The molecule has 0 aromatic rings. The van der Waals surface area contributed by atoms with E-state index in [0.717, 1.165) is 4.90 Å². The fourth-order valence-corrected chi connectivity index (χ4v) is 0.300. The van der Waals surface area contributed by atoms with E-state index in [2.05, 4.69) is 0 Å². The Morgan fingerprint density at radius 1 is 1.40 bits per heavy atom. The minimum absolute atomic E-state index is 0. The molecule has 0 radical (unpaired) electrons. The van der Waals surface area contributed by atoms with E-state index in [1.165, 1.54) is 19.0 Å². The van der Waals surface area contributed by atoms with Gasteiger partial charge in [-0.05, 0) is 28.0 Å². The molecule has 0 amide bonds. The maximum atomic E-state index is 8.06. The molecule has 7 heteroatoms. The molecule has 15 heavy (non-hydrogen) atoms. The number of halogens is 1. The molecule has 0 unspecified atom stereocenters. The number of hydrogen-bond acceptors (Lipinski definition) is 4. The van der Waals surface area contributed by atoms with Crippen molar-refractivity contribution in [1.29, 1.82) is 5.26 Å². The van der Waals surface area contributed by atoms with Crippen molar-refractivity contribution in [2.75, 3.05) is 47.7 Å². The molecule has 0 saturated heterocycles. The van der Waals surface area contributed by atoms with Crippen LogP contribution in [0.4, 0.5) is 0 Å². The first kappa shape index (κ1) is 12.3. The summed E-state index contributed by atoms with van der Waals surface area (Å²) in [5.74, 6) is 0. The van der Waals surface area contributed by atoms with Crippen molar-refractivity contribution in [3.05, 3.63) is 0 Å². The van der Waals surface area contributed by atoms with Gasteiger partial charge in [-0.3, -0.25) is 4.90 Å². The molecule has 0 atom stereocenters. The van der Waals surface area contributed by atoms with Crippen molar-refractivity contribution < 1.29 is 28.5 Å². The average molecular weight is 253 g/mol. The zero-order valence-electron chi connectivity index (χ0n) is 15.9. The van der Waals surface area contributed by atoms with E-state index in [1.807, 2.05) is 0 Å². The average Bonchev–Trinajstić information content (AvgIpc) is 2.16. The number of likely N-dealkylation sites (N-methyl/N-ethyl adjacent to an activating group) is 1. The summed E-state index contributed by atoms with van der Waals surface area (Å²) in [5.41, 5.74) is 5.13. The molecule has 0 heterocycles. The van der Waals surface area contributed by atoms with Gasteiger partial charge in [-0.1, -0.05) is 0 Å². The fraction of sp³-hybridized carbons (Fsp3) is 0.875. The molecule has 0 aliphatic carbocycles. The first-order valence-electron chi connectivity index (χ1n) is 6.46. The molecule has 0 spiro atoms. The number of nitrogens with zero attached hydrogens (tertiary/aromatic N) is 3. The number of nitriles is 1. The third-order valence-corrected chi connectivity index (χ3v) is 0.772. The monoisotopic (exact) mass is 252 g/mol. The third kappa shape index (κ3) is 52.5. The zero-order valence-corrected chi connectivity index (χ0v) is 9.77. The van der Waals surface area contributed by atoms with Crippen molar-refractivity contribution in [2.24, 2.45) is 5.73 Å². The molecule has 0 aromatic carbocycles. The smallest absolute Gasteiger partial charge is 1.00 e. The molecular formula is C8H25AlClLiN4. The maximum absolute atomic E-state index is 8.06. The summed E-state index contributed by atoms with van der Waals surface area (Å²) in [5, 5.41) is 8.06. The van der Waals surface area contributed by atoms with Gasteiger partial charge in [0.05, 0.1) is 12.6 Å². The van der Waals surface area contributed by atoms with Crippen LogP contribution in [0.5, 0.6) is 0 Å². The van der Waals surface area contributed by atoms with Gasteiger partial charge in [-0.2, -0.15) is 5.26 Å². The van der Waals surface area contributed by atoms with Gasteiger partial charge in [0.15, 0.2) is 17.4 Å². The van der Waals surface area contributed by atoms with Gasteiger partial charge < -0.3 is 12.1 Å². The van der Waals surface area contributed by atoms with E-state index < -0.39 is 14.0 Å². The van der Waals surface area contributed by atoms with Crippen LogP contribution in [0.1, 0.15) is 9.65 Å². The Bertz CT molecular complexity index is 275. The van der Waals surface area contributed by atoms with Gasteiger partial charge in [0, 0.05) is 21.3 Å². The standard InChI is InChI=1S/C4H12N2.C4H8N2.Al.ClH.Li.4H/c2*1-6(2)4-3-5;;;;;;;/h3-5H2,1-2H3;4H2,1-2H3;;1H;;;;;/q;;;;+1;;;;-1/i2*1D3;;;;;;;. The SMILES string of the molecule is Cl.[2H]C([2H])([2H])N(C)CC#N.[2H]C([2H])([2H])N(C)CCN.[AlH3].[H-].[Li+]. The Balaban J connectivity index is -0.0000000492. The summed E-state index contributed by atoms with van der Waals surface area (Å²) in [6.45, 7) is -3.38. The molecule has 0 rings (SSSR count). The molecule has 0 aliphatic rings. The van der Waals surface area contributed by atoms with Crippen LogP contribution < -0.4 is 24.6 Å². The first-order chi connectivity index (χ1) is 7.96. The van der Waals surface area contributed by atoms with E-state index in [0.29, 0.717) is 13.1 Å². The molecular weight excluding hydrogens is 221 g/mol. The molecule has 88 valence electrons. The Morgan fingerprint density at radius 3 is 2.00 bits per heavy atom. The topological polar surface area (TPSA) is 56.3 Å². The summed E-state index contributed by atoms with van der Waals surface area (Å²) >= 11 is 0. The van der Waals surface area contributed by atoms with E-state index in [1.54, 1.807) is 6.07 Å². The van der Waals surface area contributed by atoms with Gasteiger partial charge in [-0.25, -0.2) is 0 Å². The summed E-state index contributed by atoms with van der Waals surface area (Å²) in [7, 11) is 2.91. The van der Waals surface area contributed by atoms with Crippen molar-refractivity contribution in [3.8, 4) is 6.07 Å². The fourth-order valence-electron chi connectivity index (χ4n) is 0.300. The molecule has 0 aromatic heterocycles. The van der Waals surface area contributed by atoms with Gasteiger partial charge in [0.25, 0.3) is 0 Å². The summed E-state index contributed by atoms with van der Waals surface area (Å²) in [6.07, 6.45) is 0. The van der Waals surface area contributed by atoms with Crippen LogP contribution >= 0.6 is 12.4 Å². The quantitative estimate of drug-likeness (QED) is 0.410. The van der Waals surface area contributed by atoms with Crippen molar-refractivity contribution in [3.63, 3.8) is 0 Å². The number of nitrogens with two attached hydrogens (primary N) is 1. The van der Waals surface area contributed by atoms with Gasteiger partial charge in [-0.15, -0.1) is 12.4 Å². The second-order valence-electron chi connectivity index (χ2n) is 2.22. The minimum Gasteiger partial charge on any atom is -1.00 e. The van der Waals surface area contributed by atoms with E-state index in [-0.39, 0.29) is 56.6 Å². The van der Waals surface area contributed by atoms with Crippen LogP contribution in [0, 0.1) is 11.3 Å². The van der Waals surface area contributed by atoms with Crippen LogP contribution in [0.25, 0.3) is 0 Å². The number of rotatable bonds is 3. The Labute approximate surface area is 133 Å². The Morgan fingerprint density at radius 2 is 1.87 bits per heavy atom. The maximum Gasteiger partial charge on any atom is 1.00 e. The van der Waals surface area contributed by atoms with Crippen molar-refractivity contribution >= 4 is 29.8 Å². The third-order valence-electron chi connectivity index (χ3n) is 0.772. The predicted octanol–water partition coefficient (Wildman–Crippen LogP) is -4.07.